The van der Waals surface area contributed by atoms with Crippen LogP contribution in [0.4, 0.5) is 0 Å². The lowest BCUT2D eigenvalue weighted by molar-refractivity contribution is -0.131. The molecule has 6 heteroatoms. The minimum Gasteiger partial charge on any atom is -0.340 e. The number of amides is 1. The van der Waals surface area contributed by atoms with Gasteiger partial charge in [-0.1, -0.05) is 32.1 Å². The summed E-state index contributed by atoms with van der Waals surface area (Å²) < 4.78 is 1.63. The number of likely N-dealkylation sites (tertiary alicyclic amines) is 2. The van der Waals surface area contributed by atoms with Crippen LogP contribution in [0, 0.1) is 11.3 Å². The van der Waals surface area contributed by atoms with Gasteiger partial charge in [-0.15, -0.1) is 0 Å². The van der Waals surface area contributed by atoms with Crippen molar-refractivity contribution in [3.8, 4) is 0 Å². The highest BCUT2D eigenvalue weighted by Gasteiger charge is 2.42. The van der Waals surface area contributed by atoms with Gasteiger partial charge in [0.2, 0.25) is 5.91 Å². The standard InChI is InChI=1S/C20H33N5O/c26-19(13-25-17-21-16-22-25)24-12-9-20(15-24)8-4-10-23(14-20)11-7-18-5-2-1-3-6-18/h16-18H,1-15H2. The van der Waals surface area contributed by atoms with Crippen molar-refractivity contribution in [2.75, 3.05) is 32.7 Å². The molecule has 1 unspecified atom stereocenters. The van der Waals surface area contributed by atoms with Gasteiger partial charge in [-0.2, -0.15) is 5.10 Å². The van der Waals surface area contributed by atoms with Gasteiger partial charge in [0.1, 0.15) is 19.2 Å². The molecule has 1 saturated carbocycles. The summed E-state index contributed by atoms with van der Waals surface area (Å²) in [5.74, 6) is 1.15. The van der Waals surface area contributed by atoms with Crippen LogP contribution >= 0.6 is 0 Å². The largest absolute Gasteiger partial charge is 0.340 e. The maximum atomic E-state index is 12.6. The molecular formula is C20H33N5O. The smallest absolute Gasteiger partial charge is 0.244 e. The first-order valence-electron chi connectivity index (χ1n) is 10.6. The molecule has 0 aromatic carbocycles. The van der Waals surface area contributed by atoms with Crippen molar-refractivity contribution in [1.82, 2.24) is 24.6 Å². The molecule has 26 heavy (non-hydrogen) atoms. The first-order valence-corrected chi connectivity index (χ1v) is 10.6. The summed E-state index contributed by atoms with van der Waals surface area (Å²) in [5.41, 5.74) is 0.336. The molecule has 144 valence electrons. The van der Waals surface area contributed by atoms with Crippen molar-refractivity contribution in [2.24, 2.45) is 11.3 Å². The predicted molar refractivity (Wildman–Crippen MR) is 101 cm³/mol. The molecule has 1 spiro atoms. The van der Waals surface area contributed by atoms with Gasteiger partial charge >= 0.3 is 0 Å². The van der Waals surface area contributed by atoms with E-state index in [0.29, 0.717) is 12.0 Å². The van der Waals surface area contributed by atoms with Gasteiger partial charge in [0, 0.05) is 25.0 Å². The third-order valence-electron chi connectivity index (χ3n) is 6.87. The van der Waals surface area contributed by atoms with Crippen LogP contribution in [0.25, 0.3) is 0 Å². The molecule has 6 nitrogen and oxygen atoms in total. The lowest BCUT2D eigenvalue weighted by Crippen LogP contribution is -2.46. The lowest BCUT2D eigenvalue weighted by atomic mass is 9.79. The summed E-state index contributed by atoms with van der Waals surface area (Å²) in [6.45, 7) is 5.86. The highest BCUT2D eigenvalue weighted by Crippen LogP contribution is 2.39. The van der Waals surface area contributed by atoms with Gasteiger partial charge in [-0.05, 0) is 44.7 Å². The van der Waals surface area contributed by atoms with Gasteiger partial charge in [0.05, 0.1) is 0 Å². The Balaban J connectivity index is 1.27. The number of nitrogens with zero attached hydrogens (tertiary/aromatic N) is 5. The first kappa shape index (κ1) is 18.0. The van der Waals surface area contributed by atoms with Crippen molar-refractivity contribution >= 4 is 5.91 Å². The number of aromatic nitrogens is 3. The van der Waals surface area contributed by atoms with Gasteiger partial charge in [0.15, 0.2) is 0 Å². The maximum Gasteiger partial charge on any atom is 0.244 e. The molecule has 2 aliphatic heterocycles. The number of carbonyl (C=O) groups excluding carboxylic acids is 1. The van der Waals surface area contributed by atoms with Crippen LogP contribution in [0.3, 0.4) is 0 Å². The normalized spacial score (nSPS) is 28.1. The predicted octanol–water partition coefficient (Wildman–Crippen LogP) is 2.56. The molecule has 3 aliphatic rings. The zero-order chi connectivity index (χ0) is 17.8. The Bertz CT molecular complexity index is 583. The molecule has 2 saturated heterocycles. The number of hydrogen-bond donors (Lipinski definition) is 0. The molecular weight excluding hydrogens is 326 g/mol. The maximum absolute atomic E-state index is 12.6. The summed E-state index contributed by atoms with van der Waals surface area (Å²) >= 11 is 0. The third kappa shape index (κ3) is 4.27. The Labute approximate surface area is 156 Å². The SMILES string of the molecule is O=C(Cn1cncn1)N1CCC2(CCCN(CCC3CCCCC3)C2)C1. The Morgan fingerprint density at radius 1 is 1.08 bits per heavy atom. The molecule has 1 aromatic rings. The van der Waals surface area contributed by atoms with Crippen molar-refractivity contribution < 1.29 is 4.79 Å². The zero-order valence-electron chi connectivity index (χ0n) is 16.0. The van der Waals surface area contributed by atoms with E-state index in [9.17, 15) is 4.79 Å². The van der Waals surface area contributed by atoms with Crippen molar-refractivity contribution in [1.29, 1.82) is 0 Å². The molecule has 3 heterocycles. The Morgan fingerprint density at radius 3 is 2.77 bits per heavy atom. The summed E-state index contributed by atoms with van der Waals surface area (Å²) in [4.78, 5) is 21.3. The molecule has 4 rings (SSSR count). The van der Waals surface area contributed by atoms with E-state index in [2.05, 4.69) is 19.9 Å². The Morgan fingerprint density at radius 2 is 1.96 bits per heavy atom. The van der Waals surface area contributed by atoms with Crippen molar-refractivity contribution in [3.05, 3.63) is 12.7 Å². The minimum absolute atomic E-state index is 0.187. The Hall–Kier alpha value is -1.43. The molecule has 1 atom stereocenters. The second kappa shape index (κ2) is 8.07. The van der Waals surface area contributed by atoms with Crippen molar-refractivity contribution in [2.45, 2.75) is 64.3 Å². The summed E-state index contributed by atoms with van der Waals surface area (Å²) in [6.07, 6.45) is 15.4. The summed E-state index contributed by atoms with van der Waals surface area (Å²) in [7, 11) is 0. The van der Waals surface area contributed by atoms with Crippen LogP contribution in [0.2, 0.25) is 0 Å². The van der Waals surface area contributed by atoms with Crippen LogP contribution in [-0.4, -0.2) is 63.2 Å². The van der Waals surface area contributed by atoms with Gasteiger partial charge in [-0.25, -0.2) is 9.67 Å². The van der Waals surface area contributed by atoms with Crippen LogP contribution in [0.1, 0.15) is 57.8 Å². The number of hydrogen-bond acceptors (Lipinski definition) is 4. The van der Waals surface area contributed by atoms with E-state index < -0.39 is 0 Å². The van der Waals surface area contributed by atoms with E-state index in [1.54, 1.807) is 11.0 Å². The second-order valence-corrected chi connectivity index (χ2v) is 8.83. The van der Waals surface area contributed by atoms with Gasteiger partial charge in [0.25, 0.3) is 0 Å². The number of carbonyl (C=O) groups is 1. The van der Waals surface area contributed by atoms with E-state index >= 15 is 0 Å². The van der Waals surface area contributed by atoms with E-state index in [1.807, 2.05) is 0 Å². The fourth-order valence-electron chi connectivity index (χ4n) is 5.38. The highest BCUT2D eigenvalue weighted by molar-refractivity contribution is 5.76. The molecule has 0 N–H and O–H groups in total. The number of piperidine rings is 1. The van der Waals surface area contributed by atoms with Crippen molar-refractivity contribution in [3.63, 3.8) is 0 Å². The van der Waals surface area contributed by atoms with Crippen LogP contribution in [0.15, 0.2) is 12.7 Å². The third-order valence-corrected chi connectivity index (χ3v) is 6.87. The molecule has 0 bridgehead atoms. The average Bonchev–Trinajstić information content (AvgIpc) is 3.31. The summed E-state index contributed by atoms with van der Waals surface area (Å²) in [6, 6.07) is 0. The van der Waals surface area contributed by atoms with Gasteiger partial charge < -0.3 is 9.80 Å². The summed E-state index contributed by atoms with van der Waals surface area (Å²) in [5, 5.41) is 4.06. The second-order valence-electron chi connectivity index (χ2n) is 8.83. The fourth-order valence-corrected chi connectivity index (χ4v) is 5.38. The molecule has 0 radical (unpaired) electrons. The zero-order valence-corrected chi connectivity index (χ0v) is 16.0. The molecule has 1 aromatic heterocycles. The van der Waals surface area contributed by atoms with E-state index in [4.69, 9.17) is 0 Å². The van der Waals surface area contributed by atoms with E-state index in [-0.39, 0.29) is 5.91 Å². The van der Waals surface area contributed by atoms with Crippen LogP contribution in [-0.2, 0) is 11.3 Å². The monoisotopic (exact) mass is 359 g/mol. The molecule has 3 fully saturated rings. The van der Waals surface area contributed by atoms with Gasteiger partial charge in [-0.3, -0.25) is 4.79 Å². The van der Waals surface area contributed by atoms with E-state index in [0.717, 1.165) is 25.4 Å². The van der Waals surface area contributed by atoms with E-state index in [1.165, 1.54) is 77.3 Å². The fraction of sp³-hybridized carbons (Fsp3) is 0.850. The molecule has 1 amide bonds. The minimum atomic E-state index is 0.187. The average molecular weight is 360 g/mol. The lowest BCUT2D eigenvalue weighted by Gasteiger charge is -2.41. The Kier molecular flexibility index (Phi) is 5.57. The van der Waals surface area contributed by atoms with Crippen LogP contribution in [0.5, 0.6) is 0 Å². The quantitative estimate of drug-likeness (QED) is 0.811. The molecule has 1 aliphatic carbocycles. The number of rotatable bonds is 5. The topological polar surface area (TPSA) is 54.3 Å². The highest BCUT2D eigenvalue weighted by atomic mass is 16.2. The van der Waals surface area contributed by atoms with Crippen LogP contribution < -0.4 is 0 Å². The first-order chi connectivity index (χ1) is 12.7.